The van der Waals surface area contributed by atoms with Gasteiger partial charge in [0.15, 0.2) is 0 Å². The third-order valence-electron chi connectivity index (χ3n) is 4.18. The molecule has 0 aliphatic rings. The van der Waals surface area contributed by atoms with E-state index >= 15 is 0 Å². The van der Waals surface area contributed by atoms with Crippen LogP contribution in [0.4, 0.5) is 23.3 Å². The van der Waals surface area contributed by atoms with E-state index in [0.29, 0.717) is 25.0 Å². The summed E-state index contributed by atoms with van der Waals surface area (Å²) in [6.07, 6.45) is 1.43. The second-order valence-corrected chi connectivity index (χ2v) is 6.37. The monoisotopic (exact) mass is 408 g/mol. The molecule has 0 spiro atoms. The molecule has 0 bridgehead atoms. The minimum Gasteiger partial charge on any atom is -0.497 e. The Balaban J connectivity index is 1.55. The standard InChI is InChI=1S/C21H24N6O3/c1-14-18(25-15(2)28)5-4-6-19(14)26-21-24-13-23-20(27-21)22-11-12-30-17-9-7-16(29-3)8-10-17/h4-10,13H,11-12H2,1-3H3,(H,25,28)(H2,22,23,24,26,27). The van der Waals surface area contributed by atoms with Gasteiger partial charge in [0, 0.05) is 18.3 Å². The Kier molecular flexibility index (Phi) is 6.99. The molecule has 0 aliphatic heterocycles. The highest BCUT2D eigenvalue weighted by atomic mass is 16.5. The van der Waals surface area contributed by atoms with Gasteiger partial charge in [-0.05, 0) is 48.9 Å². The van der Waals surface area contributed by atoms with Gasteiger partial charge < -0.3 is 25.4 Å². The first kappa shape index (κ1) is 20.8. The molecule has 3 rings (SSSR count). The number of ether oxygens (including phenoxy) is 2. The summed E-state index contributed by atoms with van der Waals surface area (Å²) in [5.74, 6) is 2.24. The van der Waals surface area contributed by atoms with Crippen molar-refractivity contribution in [2.45, 2.75) is 13.8 Å². The number of benzene rings is 2. The summed E-state index contributed by atoms with van der Waals surface area (Å²) in [5, 5.41) is 9.06. The number of nitrogens with one attached hydrogen (secondary N) is 3. The first-order valence-corrected chi connectivity index (χ1v) is 9.39. The molecule has 9 heteroatoms. The van der Waals surface area contributed by atoms with E-state index in [0.717, 1.165) is 28.4 Å². The lowest BCUT2D eigenvalue weighted by atomic mass is 10.1. The van der Waals surface area contributed by atoms with Crippen LogP contribution in [0, 0.1) is 6.92 Å². The third kappa shape index (κ3) is 5.81. The molecular weight excluding hydrogens is 384 g/mol. The van der Waals surface area contributed by atoms with Crippen molar-refractivity contribution >= 4 is 29.2 Å². The SMILES string of the molecule is COc1ccc(OCCNc2ncnc(Nc3cccc(NC(C)=O)c3C)n2)cc1. The van der Waals surface area contributed by atoms with Crippen LogP contribution in [0.1, 0.15) is 12.5 Å². The van der Waals surface area contributed by atoms with Crippen LogP contribution in [-0.4, -0.2) is 41.1 Å². The van der Waals surface area contributed by atoms with Crippen molar-refractivity contribution in [3.8, 4) is 11.5 Å². The first-order valence-electron chi connectivity index (χ1n) is 9.39. The summed E-state index contributed by atoms with van der Waals surface area (Å²) in [6.45, 7) is 4.34. The average molecular weight is 408 g/mol. The quantitative estimate of drug-likeness (QED) is 0.462. The minimum absolute atomic E-state index is 0.126. The number of anilines is 4. The van der Waals surface area contributed by atoms with Crippen molar-refractivity contribution in [1.82, 2.24) is 15.0 Å². The lowest BCUT2D eigenvalue weighted by Crippen LogP contribution is -2.14. The predicted molar refractivity (Wildman–Crippen MR) is 116 cm³/mol. The van der Waals surface area contributed by atoms with Gasteiger partial charge >= 0.3 is 0 Å². The van der Waals surface area contributed by atoms with Crippen LogP contribution in [0.2, 0.25) is 0 Å². The van der Waals surface area contributed by atoms with E-state index in [1.165, 1.54) is 13.3 Å². The number of amides is 1. The number of carbonyl (C=O) groups is 1. The zero-order chi connectivity index (χ0) is 21.3. The van der Waals surface area contributed by atoms with Gasteiger partial charge in [0.1, 0.15) is 24.4 Å². The molecule has 0 fully saturated rings. The smallest absolute Gasteiger partial charge is 0.232 e. The van der Waals surface area contributed by atoms with Gasteiger partial charge in [-0.2, -0.15) is 4.98 Å². The van der Waals surface area contributed by atoms with Gasteiger partial charge in [-0.15, -0.1) is 0 Å². The highest BCUT2D eigenvalue weighted by Gasteiger charge is 2.08. The van der Waals surface area contributed by atoms with Crippen molar-refractivity contribution in [2.24, 2.45) is 0 Å². The maximum Gasteiger partial charge on any atom is 0.232 e. The molecule has 0 saturated carbocycles. The van der Waals surface area contributed by atoms with Gasteiger partial charge in [0.05, 0.1) is 13.7 Å². The summed E-state index contributed by atoms with van der Waals surface area (Å²) in [5.41, 5.74) is 2.41. The van der Waals surface area contributed by atoms with Crippen molar-refractivity contribution in [3.05, 3.63) is 54.4 Å². The zero-order valence-corrected chi connectivity index (χ0v) is 17.1. The first-order chi connectivity index (χ1) is 14.5. The lowest BCUT2D eigenvalue weighted by Gasteiger charge is -2.13. The highest BCUT2D eigenvalue weighted by molar-refractivity contribution is 5.90. The third-order valence-corrected chi connectivity index (χ3v) is 4.18. The number of methoxy groups -OCH3 is 1. The molecule has 9 nitrogen and oxygen atoms in total. The fourth-order valence-electron chi connectivity index (χ4n) is 2.66. The van der Waals surface area contributed by atoms with Crippen LogP contribution >= 0.6 is 0 Å². The van der Waals surface area contributed by atoms with Gasteiger partial charge in [0.2, 0.25) is 17.8 Å². The highest BCUT2D eigenvalue weighted by Crippen LogP contribution is 2.25. The molecule has 1 amide bonds. The number of rotatable bonds is 9. The van der Waals surface area contributed by atoms with Crippen molar-refractivity contribution < 1.29 is 14.3 Å². The molecule has 0 unspecified atom stereocenters. The molecular formula is C21H24N6O3. The van der Waals surface area contributed by atoms with Crippen LogP contribution in [0.3, 0.4) is 0 Å². The van der Waals surface area contributed by atoms with E-state index in [1.54, 1.807) is 7.11 Å². The summed E-state index contributed by atoms with van der Waals surface area (Å²) in [7, 11) is 1.62. The molecule has 3 N–H and O–H groups in total. The predicted octanol–water partition coefficient (Wildman–Crippen LogP) is 3.38. The van der Waals surface area contributed by atoms with Gasteiger partial charge in [-0.3, -0.25) is 4.79 Å². The van der Waals surface area contributed by atoms with E-state index in [-0.39, 0.29) is 5.91 Å². The van der Waals surface area contributed by atoms with Crippen LogP contribution in [-0.2, 0) is 4.79 Å². The average Bonchev–Trinajstić information content (AvgIpc) is 2.74. The molecule has 156 valence electrons. The maximum absolute atomic E-state index is 11.3. The fourth-order valence-corrected chi connectivity index (χ4v) is 2.66. The van der Waals surface area contributed by atoms with Crippen LogP contribution in [0.25, 0.3) is 0 Å². The Hall–Kier alpha value is -3.88. The van der Waals surface area contributed by atoms with Gasteiger partial charge in [-0.1, -0.05) is 6.07 Å². The molecule has 3 aromatic rings. The Bertz CT molecular complexity index is 994. The lowest BCUT2D eigenvalue weighted by molar-refractivity contribution is -0.114. The molecule has 0 saturated heterocycles. The number of hydrogen-bond donors (Lipinski definition) is 3. The number of nitrogens with zero attached hydrogens (tertiary/aromatic N) is 3. The van der Waals surface area contributed by atoms with E-state index in [9.17, 15) is 4.79 Å². The topological polar surface area (TPSA) is 110 Å². The Morgan fingerprint density at radius 3 is 2.43 bits per heavy atom. The molecule has 0 radical (unpaired) electrons. The summed E-state index contributed by atoms with van der Waals surface area (Å²) in [4.78, 5) is 24.0. The minimum atomic E-state index is -0.126. The summed E-state index contributed by atoms with van der Waals surface area (Å²) < 4.78 is 10.8. The van der Waals surface area contributed by atoms with Gasteiger partial charge in [0.25, 0.3) is 0 Å². The Morgan fingerprint density at radius 1 is 1.00 bits per heavy atom. The molecule has 1 aromatic heterocycles. The van der Waals surface area contributed by atoms with Crippen molar-refractivity contribution in [3.63, 3.8) is 0 Å². The zero-order valence-electron chi connectivity index (χ0n) is 17.1. The van der Waals surface area contributed by atoms with Crippen molar-refractivity contribution in [1.29, 1.82) is 0 Å². The van der Waals surface area contributed by atoms with Crippen molar-refractivity contribution in [2.75, 3.05) is 36.2 Å². The molecule has 1 heterocycles. The molecule has 0 atom stereocenters. The van der Waals surface area contributed by atoms with E-state index < -0.39 is 0 Å². The Labute approximate surface area is 174 Å². The largest absolute Gasteiger partial charge is 0.497 e. The van der Waals surface area contributed by atoms with Crippen LogP contribution in [0.15, 0.2) is 48.8 Å². The maximum atomic E-state index is 11.3. The van der Waals surface area contributed by atoms with E-state index in [4.69, 9.17) is 9.47 Å². The van der Waals surface area contributed by atoms with E-state index in [1.807, 2.05) is 49.4 Å². The number of aromatic nitrogens is 3. The van der Waals surface area contributed by atoms with Gasteiger partial charge in [-0.25, -0.2) is 9.97 Å². The molecule has 0 aliphatic carbocycles. The van der Waals surface area contributed by atoms with Crippen LogP contribution in [0.5, 0.6) is 11.5 Å². The van der Waals surface area contributed by atoms with Crippen LogP contribution < -0.4 is 25.4 Å². The normalized spacial score (nSPS) is 10.2. The fraction of sp³-hybridized carbons (Fsp3) is 0.238. The summed E-state index contributed by atoms with van der Waals surface area (Å²) in [6, 6.07) is 13.0. The number of hydrogen-bond acceptors (Lipinski definition) is 8. The van der Waals surface area contributed by atoms with E-state index in [2.05, 4.69) is 30.9 Å². The number of carbonyl (C=O) groups excluding carboxylic acids is 1. The Morgan fingerprint density at radius 2 is 1.70 bits per heavy atom. The molecule has 2 aromatic carbocycles. The summed E-state index contributed by atoms with van der Waals surface area (Å²) >= 11 is 0. The second-order valence-electron chi connectivity index (χ2n) is 6.37. The molecule has 30 heavy (non-hydrogen) atoms. The second kappa shape index (κ2) is 10.1.